The highest BCUT2D eigenvalue weighted by Crippen LogP contribution is 2.36. The van der Waals surface area contributed by atoms with E-state index in [1.165, 1.54) is 5.56 Å². The van der Waals surface area contributed by atoms with Crippen LogP contribution in [0.5, 0.6) is 0 Å². The molecule has 0 saturated carbocycles. The third-order valence-corrected chi connectivity index (χ3v) is 6.08. The van der Waals surface area contributed by atoms with Gasteiger partial charge in [-0.25, -0.2) is 0 Å². The summed E-state index contributed by atoms with van der Waals surface area (Å²) in [7, 11) is 0. The first kappa shape index (κ1) is 18.3. The Hall–Kier alpha value is -1.49. The zero-order valence-electron chi connectivity index (χ0n) is 14.1. The van der Waals surface area contributed by atoms with Crippen molar-refractivity contribution in [3.05, 3.63) is 70.7 Å². The molecule has 1 atom stereocenters. The smallest absolute Gasteiger partial charge is 0.232 e. The molecule has 3 nitrogen and oxygen atoms in total. The summed E-state index contributed by atoms with van der Waals surface area (Å²) >= 11 is 7.70. The molecule has 1 aliphatic heterocycles. The lowest BCUT2D eigenvalue weighted by molar-refractivity contribution is -0.129. The Labute approximate surface area is 158 Å². The maximum Gasteiger partial charge on any atom is 0.232 e. The molecule has 1 amide bonds. The van der Waals surface area contributed by atoms with Crippen molar-refractivity contribution < 1.29 is 4.79 Å². The van der Waals surface area contributed by atoms with Crippen molar-refractivity contribution in [3.8, 4) is 0 Å². The number of halogens is 1. The van der Waals surface area contributed by atoms with Gasteiger partial charge in [0.2, 0.25) is 5.91 Å². The van der Waals surface area contributed by atoms with Crippen LogP contribution in [-0.4, -0.2) is 35.7 Å². The van der Waals surface area contributed by atoms with Crippen LogP contribution in [0.3, 0.4) is 0 Å². The molecule has 2 aromatic carbocycles. The van der Waals surface area contributed by atoms with Crippen LogP contribution in [0, 0.1) is 0 Å². The van der Waals surface area contributed by atoms with Gasteiger partial charge in [0.05, 0.1) is 11.0 Å². The highest BCUT2D eigenvalue weighted by Gasteiger charge is 2.22. The number of piperidine rings is 1. The molecule has 1 unspecified atom stereocenters. The Morgan fingerprint density at radius 1 is 1.08 bits per heavy atom. The van der Waals surface area contributed by atoms with Gasteiger partial charge in [-0.3, -0.25) is 4.79 Å². The summed E-state index contributed by atoms with van der Waals surface area (Å²) in [6.45, 7) is 1.55. The van der Waals surface area contributed by atoms with Crippen LogP contribution in [-0.2, 0) is 4.79 Å². The molecule has 2 aromatic rings. The van der Waals surface area contributed by atoms with E-state index in [9.17, 15) is 4.79 Å². The average Bonchev–Trinajstić information content (AvgIpc) is 2.64. The van der Waals surface area contributed by atoms with Crippen LogP contribution in [0.15, 0.2) is 54.6 Å². The highest BCUT2D eigenvalue weighted by atomic mass is 35.5. The van der Waals surface area contributed by atoms with Gasteiger partial charge in [-0.15, -0.1) is 11.8 Å². The van der Waals surface area contributed by atoms with Crippen molar-refractivity contribution in [1.29, 1.82) is 0 Å². The number of likely N-dealkylation sites (tertiary alicyclic amines) is 1. The van der Waals surface area contributed by atoms with Crippen molar-refractivity contribution in [2.24, 2.45) is 5.73 Å². The number of carbonyl (C=O) groups is 1. The summed E-state index contributed by atoms with van der Waals surface area (Å²) in [6.07, 6.45) is 1.80. The van der Waals surface area contributed by atoms with Crippen LogP contribution in [0.2, 0.25) is 5.02 Å². The number of thioether (sulfide) groups is 1. The zero-order chi connectivity index (χ0) is 17.6. The van der Waals surface area contributed by atoms with Gasteiger partial charge < -0.3 is 10.6 Å². The summed E-state index contributed by atoms with van der Waals surface area (Å²) in [5.41, 5.74) is 8.29. The van der Waals surface area contributed by atoms with E-state index in [1.54, 1.807) is 11.8 Å². The predicted molar refractivity (Wildman–Crippen MR) is 106 cm³/mol. The van der Waals surface area contributed by atoms with Crippen LogP contribution >= 0.6 is 23.4 Å². The molecule has 1 aliphatic rings. The van der Waals surface area contributed by atoms with Crippen LogP contribution < -0.4 is 5.73 Å². The standard InChI is InChI=1S/C20H23ClN2OS/c21-17-8-6-16(7-9-17)20(15-4-2-1-3-5-15)25-14-19(24)23-12-10-18(22)11-13-23/h1-9,18,20H,10-14,22H2. The van der Waals surface area contributed by atoms with E-state index in [0.717, 1.165) is 36.5 Å². The fourth-order valence-electron chi connectivity index (χ4n) is 3.05. The molecular weight excluding hydrogens is 352 g/mol. The van der Waals surface area contributed by atoms with Crippen molar-refractivity contribution in [2.45, 2.75) is 24.1 Å². The van der Waals surface area contributed by atoms with Gasteiger partial charge in [-0.05, 0) is 36.1 Å². The van der Waals surface area contributed by atoms with Crippen LogP contribution in [0.4, 0.5) is 0 Å². The number of nitrogens with zero attached hydrogens (tertiary/aromatic N) is 1. The second-order valence-electron chi connectivity index (χ2n) is 6.37. The van der Waals surface area contributed by atoms with E-state index in [0.29, 0.717) is 5.75 Å². The van der Waals surface area contributed by atoms with Gasteiger partial charge in [0, 0.05) is 24.2 Å². The molecule has 2 N–H and O–H groups in total. The molecule has 1 saturated heterocycles. The number of hydrogen-bond acceptors (Lipinski definition) is 3. The van der Waals surface area contributed by atoms with E-state index < -0.39 is 0 Å². The van der Waals surface area contributed by atoms with Crippen LogP contribution in [0.1, 0.15) is 29.2 Å². The lowest BCUT2D eigenvalue weighted by Gasteiger charge is -2.30. The number of nitrogens with two attached hydrogens (primary N) is 1. The first-order chi connectivity index (χ1) is 12.1. The Morgan fingerprint density at radius 3 is 2.32 bits per heavy atom. The number of rotatable bonds is 5. The quantitative estimate of drug-likeness (QED) is 0.856. The maximum absolute atomic E-state index is 12.6. The summed E-state index contributed by atoms with van der Waals surface area (Å²) in [5.74, 6) is 0.670. The topological polar surface area (TPSA) is 46.3 Å². The third kappa shape index (κ3) is 5.00. The van der Waals surface area contributed by atoms with Gasteiger partial charge in [0.1, 0.15) is 0 Å². The van der Waals surface area contributed by atoms with Crippen molar-refractivity contribution >= 4 is 29.3 Å². The molecule has 0 bridgehead atoms. The Bertz CT molecular complexity index is 685. The van der Waals surface area contributed by atoms with E-state index in [2.05, 4.69) is 12.1 Å². The Kier molecular flexibility index (Phi) is 6.40. The number of amides is 1. The number of hydrogen-bond donors (Lipinski definition) is 1. The SMILES string of the molecule is NC1CCN(C(=O)CSC(c2ccccc2)c2ccc(Cl)cc2)CC1. The fourth-order valence-corrected chi connectivity index (χ4v) is 4.36. The van der Waals surface area contributed by atoms with E-state index in [4.69, 9.17) is 17.3 Å². The molecule has 0 spiro atoms. The second-order valence-corrected chi connectivity index (χ2v) is 7.90. The largest absolute Gasteiger partial charge is 0.342 e. The van der Waals surface area contributed by atoms with Gasteiger partial charge in [0.25, 0.3) is 0 Å². The van der Waals surface area contributed by atoms with Gasteiger partial charge in [-0.1, -0.05) is 54.1 Å². The minimum absolute atomic E-state index is 0.120. The van der Waals surface area contributed by atoms with E-state index >= 15 is 0 Å². The first-order valence-electron chi connectivity index (χ1n) is 8.59. The monoisotopic (exact) mass is 374 g/mol. The van der Waals surface area contributed by atoms with E-state index in [-0.39, 0.29) is 17.2 Å². The Morgan fingerprint density at radius 2 is 1.68 bits per heavy atom. The van der Waals surface area contributed by atoms with Gasteiger partial charge >= 0.3 is 0 Å². The van der Waals surface area contributed by atoms with Crippen molar-refractivity contribution in [1.82, 2.24) is 4.90 Å². The highest BCUT2D eigenvalue weighted by molar-refractivity contribution is 8.00. The molecule has 1 heterocycles. The zero-order valence-corrected chi connectivity index (χ0v) is 15.7. The third-order valence-electron chi connectivity index (χ3n) is 4.54. The van der Waals surface area contributed by atoms with E-state index in [1.807, 2.05) is 47.4 Å². The van der Waals surface area contributed by atoms with Gasteiger partial charge in [0.15, 0.2) is 0 Å². The van der Waals surface area contributed by atoms with Crippen molar-refractivity contribution in [3.63, 3.8) is 0 Å². The summed E-state index contributed by atoms with van der Waals surface area (Å²) in [4.78, 5) is 14.5. The lowest BCUT2D eigenvalue weighted by Crippen LogP contribution is -2.43. The number of benzene rings is 2. The molecule has 0 aliphatic carbocycles. The average molecular weight is 375 g/mol. The lowest BCUT2D eigenvalue weighted by atomic mass is 10.0. The summed E-state index contributed by atoms with van der Waals surface area (Å²) in [5, 5.41) is 0.843. The maximum atomic E-state index is 12.6. The number of carbonyl (C=O) groups excluding carboxylic acids is 1. The molecule has 0 radical (unpaired) electrons. The molecule has 25 heavy (non-hydrogen) atoms. The molecule has 5 heteroatoms. The Balaban J connectivity index is 1.70. The minimum Gasteiger partial charge on any atom is -0.342 e. The molecule has 3 rings (SSSR count). The van der Waals surface area contributed by atoms with Gasteiger partial charge in [-0.2, -0.15) is 0 Å². The summed E-state index contributed by atoms with van der Waals surface area (Å²) in [6, 6.07) is 18.4. The summed E-state index contributed by atoms with van der Waals surface area (Å²) < 4.78 is 0. The fraction of sp³-hybridized carbons (Fsp3) is 0.350. The molecule has 1 fully saturated rings. The molecule has 0 aromatic heterocycles. The first-order valence-corrected chi connectivity index (χ1v) is 10.0. The second kappa shape index (κ2) is 8.75. The normalized spacial score (nSPS) is 16.6. The molecular formula is C20H23ClN2OS. The van der Waals surface area contributed by atoms with Crippen LogP contribution in [0.25, 0.3) is 0 Å². The molecule has 132 valence electrons. The minimum atomic E-state index is 0.120. The van der Waals surface area contributed by atoms with Crippen molar-refractivity contribution in [2.75, 3.05) is 18.8 Å². The predicted octanol–water partition coefficient (Wildman–Crippen LogP) is 4.11.